The molecule has 1 aromatic rings. The van der Waals surface area contributed by atoms with E-state index in [1.54, 1.807) is 4.31 Å². The Labute approximate surface area is 153 Å². The number of sulfonamides is 1. The van der Waals surface area contributed by atoms with Crippen LogP contribution in [0, 0.1) is 6.92 Å². The van der Waals surface area contributed by atoms with Gasteiger partial charge in [0.25, 0.3) is 10.0 Å². The van der Waals surface area contributed by atoms with Crippen LogP contribution in [-0.2, 0) is 19.5 Å². The molecule has 3 fully saturated rings. The highest BCUT2D eigenvalue weighted by Crippen LogP contribution is 2.39. The third-order valence-corrected chi connectivity index (χ3v) is 9.34. The number of rotatable bonds is 3. The Balaban J connectivity index is 1.39. The van der Waals surface area contributed by atoms with E-state index >= 15 is 0 Å². The summed E-state index contributed by atoms with van der Waals surface area (Å²) in [7, 11) is -3.36. The van der Waals surface area contributed by atoms with Crippen LogP contribution in [-0.4, -0.2) is 75.3 Å². The van der Waals surface area contributed by atoms with Crippen molar-refractivity contribution >= 4 is 21.4 Å². The molecule has 0 saturated carbocycles. The van der Waals surface area contributed by atoms with E-state index in [1.165, 1.54) is 11.3 Å². The lowest BCUT2D eigenvalue weighted by Crippen LogP contribution is -2.48. The highest BCUT2D eigenvalue weighted by atomic mass is 32.2. The molecule has 3 saturated heterocycles. The van der Waals surface area contributed by atoms with Gasteiger partial charge in [-0.2, -0.15) is 4.31 Å². The topological polar surface area (TPSA) is 59.1 Å². The summed E-state index contributed by atoms with van der Waals surface area (Å²) in [5.41, 5.74) is 0.703. The van der Waals surface area contributed by atoms with Gasteiger partial charge in [0.05, 0.1) is 25.4 Å². The van der Waals surface area contributed by atoms with E-state index in [2.05, 4.69) is 4.90 Å². The van der Waals surface area contributed by atoms with E-state index < -0.39 is 10.0 Å². The lowest BCUT2D eigenvalue weighted by Gasteiger charge is -2.38. The predicted molar refractivity (Wildman–Crippen MR) is 96.5 cm³/mol. The lowest BCUT2D eigenvalue weighted by molar-refractivity contribution is -0.0328. The van der Waals surface area contributed by atoms with Gasteiger partial charge in [-0.25, -0.2) is 8.42 Å². The molecule has 0 bridgehead atoms. The Kier molecular flexibility index (Phi) is 4.94. The lowest BCUT2D eigenvalue weighted by atomic mass is 9.88. The van der Waals surface area contributed by atoms with Crippen molar-refractivity contribution in [3.63, 3.8) is 0 Å². The normalized spacial score (nSPS) is 28.6. The molecular weight excluding hydrogens is 360 g/mol. The summed E-state index contributed by atoms with van der Waals surface area (Å²) < 4.78 is 39.5. The van der Waals surface area contributed by atoms with Gasteiger partial charge in [0.1, 0.15) is 4.21 Å². The van der Waals surface area contributed by atoms with Crippen LogP contribution in [0.1, 0.15) is 24.8 Å². The average molecular weight is 387 g/mol. The molecule has 1 spiro atoms. The molecule has 25 heavy (non-hydrogen) atoms. The van der Waals surface area contributed by atoms with Crippen LogP contribution in [0.15, 0.2) is 15.7 Å². The minimum absolute atomic E-state index is 0.139. The zero-order valence-electron chi connectivity index (χ0n) is 14.6. The number of aryl methyl sites for hydroxylation is 1. The fourth-order valence-electron chi connectivity index (χ4n) is 4.22. The second-order valence-electron chi connectivity index (χ2n) is 7.30. The van der Waals surface area contributed by atoms with Crippen LogP contribution < -0.4 is 0 Å². The number of hydrogen-bond acceptors (Lipinski definition) is 6. The van der Waals surface area contributed by atoms with Crippen LogP contribution >= 0.6 is 11.3 Å². The van der Waals surface area contributed by atoms with Gasteiger partial charge < -0.3 is 9.47 Å². The zero-order chi connectivity index (χ0) is 17.5. The van der Waals surface area contributed by atoms with Crippen molar-refractivity contribution < 1.29 is 17.9 Å². The molecule has 1 aromatic heterocycles. The van der Waals surface area contributed by atoms with Gasteiger partial charge in [-0.3, -0.25) is 4.90 Å². The predicted octanol–water partition coefficient (Wildman–Crippen LogP) is 1.70. The third-order valence-electron chi connectivity index (χ3n) is 5.77. The molecule has 0 amide bonds. The molecule has 1 unspecified atom stereocenters. The van der Waals surface area contributed by atoms with Crippen molar-refractivity contribution in [2.75, 3.05) is 46.0 Å². The van der Waals surface area contributed by atoms with E-state index in [1.807, 2.05) is 18.4 Å². The van der Waals surface area contributed by atoms with E-state index in [4.69, 9.17) is 9.47 Å². The maximum absolute atomic E-state index is 12.9. The average Bonchev–Trinajstić information content (AvgIpc) is 3.23. The number of ether oxygens (including phenoxy) is 2. The smallest absolute Gasteiger partial charge is 0.252 e. The molecule has 4 rings (SSSR count). The summed E-state index contributed by atoms with van der Waals surface area (Å²) in [5, 5.41) is 1.85. The van der Waals surface area contributed by atoms with Gasteiger partial charge in [-0.05, 0) is 43.2 Å². The van der Waals surface area contributed by atoms with E-state index in [9.17, 15) is 8.42 Å². The molecule has 0 aliphatic carbocycles. The highest BCUT2D eigenvalue weighted by molar-refractivity contribution is 7.91. The maximum atomic E-state index is 12.9. The molecule has 0 N–H and O–H groups in total. The third kappa shape index (κ3) is 3.40. The van der Waals surface area contributed by atoms with E-state index in [0.717, 1.165) is 57.7 Å². The molecular formula is C17H26N2O4S2. The van der Waals surface area contributed by atoms with Gasteiger partial charge in [0, 0.05) is 32.2 Å². The highest BCUT2D eigenvalue weighted by Gasteiger charge is 2.46. The Hall–Kier alpha value is -0.510. The second kappa shape index (κ2) is 6.90. The van der Waals surface area contributed by atoms with Crippen LogP contribution in [0.3, 0.4) is 0 Å². The zero-order valence-corrected chi connectivity index (χ0v) is 16.3. The van der Waals surface area contributed by atoms with Gasteiger partial charge in [-0.1, -0.05) is 0 Å². The largest absolute Gasteiger partial charge is 0.379 e. The fraction of sp³-hybridized carbons (Fsp3) is 0.765. The van der Waals surface area contributed by atoms with Crippen molar-refractivity contribution in [2.45, 2.75) is 42.0 Å². The fourth-order valence-corrected chi connectivity index (χ4v) is 7.21. The standard InChI is InChI=1S/C17H26N2O4S2/c1-14-2-11-24-16(14)25(20,21)19-5-3-17(4-6-19)12-15(13-23-17)18-7-9-22-10-8-18/h2,11,15H,3-10,12-13H2,1H3. The summed E-state index contributed by atoms with van der Waals surface area (Å²) in [5.74, 6) is 0. The Bertz CT molecular complexity index is 704. The van der Waals surface area contributed by atoms with Gasteiger partial charge in [0.15, 0.2) is 0 Å². The van der Waals surface area contributed by atoms with Crippen LogP contribution in [0.5, 0.6) is 0 Å². The molecule has 8 heteroatoms. The van der Waals surface area contributed by atoms with Crippen molar-refractivity contribution in [1.82, 2.24) is 9.21 Å². The van der Waals surface area contributed by atoms with Crippen molar-refractivity contribution in [3.05, 3.63) is 17.0 Å². The quantitative estimate of drug-likeness (QED) is 0.791. The first-order valence-electron chi connectivity index (χ1n) is 9.00. The molecule has 140 valence electrons. The van der Waals surface area contributed by atoms with E-state index in [-0.39, 0.29) is 5.60 Å². The Morgan fingerprint density at radius 3 is 2.56 bits per heavy atom. The number of piperidine rings is 1. The van der Waals surface area contributed by atoms with Crippen LogP contribution in [0.25, 0.3) is 0 Å². The minimum atomic E-state index is -3.36. The van der Waals surface area contributed by atoms with Crippen LogP contribution in [0.4, 0.5) is 0 Å². The summed E-state index contributed by atoms with van der Waals surface area (Å²) in [6.07, 6.45) is 2.59. The molecule has 3 aliphatic rings. The summed E-state index contributed by atoms with van der Waals surface area (Å²) >= 11 is 1.31. The number of nitrogens with zero attached hydrogens (tertiary/aromatic N) is 2. The van der Waals surface area contributed by atoms with Crippen molar-refractivity contribution in [2.24, 2.45) is 0 Å². The number of hydrogen-bond donors (Lipinski definition) is 0. The summed E-state index contributed by atoms with van der Waals surface area (Å²) in [4.78, 5) is 2.47. The van der Waals surface area contributed by atoms with E-state index in [0.29, 0.717) is 23.3 Å². The molecule has 4 heterocycles. The molecule has 6 nitrogen and oxygen atoms in total. The Morgan fingerprint density at radius 2 is 1.92 bits per heavy atom. The van der Waals surface area contributed by atoms with Crippen LogP contribution in [0.2, 0.25) is 0 Å². The number of thiophene rings is 1. The first-order chi connectivity index (χ1) is 12.0. The molecule has 0 aromatic carbocycles. The molecule has 0 radical (unpaired) electrons. The van der Waals surface area contributed by atoms with Gasteiger partial charge >= 0.3 is 0 Å². The monoisotopic (exact) mass is 386 g/mol. The molecule has 3 aliphatic heterocycles. The summed E-state index contributed by atoms with van der Waals surface area (Å²) in [6.45, 7) is 7.28. The van der Waals surface area contributed by atoms with Gasteiger partial charge in [-0.15, -0.1) is 11.3 Å². The minimum Gasteiger partial charge on any atom is -0.379 e. The molecule has 1 atom stereocenters. The van der Waals surface area contributed by atoms with Crippen molar-refractivity contribution in [3.8, 4) is 0 Å². The maximum Gasteiger partial charge on any atom is 0.252 e. The second-order valence-corrected chi connectivity index (χ2v) is 10.3. The first kappa shape index (κ1) is 17.9. The number of morpholine rings is 1. The first-order valence-corrected chi connectivity index (χ1v) is 11.3. The SMILES string of the molecule is Cc1ccsc1S(=O)(=O)N1CCC2(CC1)CC(N1CCOCC1)CO2. The van der Waals surface area contributed by atoms with Crippen molar-refractivity contribution in [1.29, 1.82) is 0 Å². The Morgan fingerprint density at radius 1 is 1.20 bits per heavy atom. The summed E-state index contributed by atoms with van der Waals surface area (Å²) in [6, 6.07) is 2.32. The van der Waals surface area contributed by atoms with Gasteiger partial charge in [0.2, 0.25) is 0 Å².